The second kappa shape index (κ2) is 7.76. The standard InChI is InChI=1S/C16H24N6O2/c1-5-12(6-2)22-11(3)13(9-18-22)16(24)17-10-15(23)19-14-7-8-21(4)20-14/h7-9,12H,5-6,10H2,1-4H3,(H,17,24)(H,19,20,23). The summed E-state index contributed by atoms with van der Waals surface area (Å²) < 4.78 is 3.46. The smallest absolute Gasteiger partial charge is 0.255 e. The molecule has 0 spiro atoms. The first-order valence-corrected chi connectivity index (χ1v) is 8.08. The van der Waals surface area contributed by atoms with Crippen molar-refractivity contribution in [2.24, 2.45) is 7.05 Å². The van der Waals surface area contributed by atoms with Crippen LogP contribution in [0, 0.1) is 6.92 Å². The van der Waals surface area contributed by atoms with Crippen molar-refractivity contribution in [3.63, 3.8) is 0 Å². The summed E-state index contributed by atoms with van der Waals surface area (Å²) in [6, 6.07) is 1.96. The number of carbonyl (C=O) groups excluding carboxylic acids is 2. The van der Waals surface area contributed by atoms with Gasteiger partial charge >= 0.3 is 0 Å². The maximum Gasteiger partial charge on any atom is 0.255 e. The third-order valence-corrected chi connectivity index (χ3v) is 3.97. The van der Waals surface area contributed by atoms with Crippen LogP contribution in [-0.4, -0.2) is 37.9 Å². The zero-order valence-electron chi connectivity index (χ0n) is 14.5. The minimum Gasteiger partial charge on any atom is -0.343 e. The monoisotopic (exact) mass is 332 g/mol. The maximum atomic E-state index is 12.3. The van der Waals surface area contributed by atoms with Crippen molar-refractivity contribution in [1.29, 1.82) is 0 Å². The lowest BCUT2D eigenvalue weighted by molar-refractivity contribution is -0.115. The molecule has 8 heteroatoms. The summed E-state index contributed by atoms with van der Waals surface area (Å²) in [5.74, 6) is -0.178. The van der Waals surface area contributed by atoms with Gasteiger partial charge in [-0.25, -0.2) is 0 Å². The Kier molecular flexibility index (Phi) is 5.73. The van der Waals surface area contributed by atoms with Crippen LogP contribution in [0.4, 0.5) is 5.82 Å². The van der Waals surface area contributed by atoms with E-state index in [0.29, 0.717) is 11.4 Å². The molecule has 0 aliphatic rings. The van der Waals surface area contributed by atoms with Crippen LogP contribution in [0.3, 0.4) is 0 Å². The highest BCUT2D eigenvalue weighted by Gasteiger charge is 2.18. The average Bonchev–Trinajstić information content (AvgIpc) is 3.13. The number of amides is 2. The van der Waals surface area contributed by atoms with Gasteiger partial charge in [0.15, 0.2) is 5.82 Å². The number of aryl methyl sites for hydroxylation is 1. The van der Waals surface area contributed by atoms with Crippen LogP contribution in [0.25, 0.3) is 0 Å². The second-order valence-electron chi connectivity index (χ2n) is 5.66. The van der Waals surface area contributed by atoms with E-state index < -0.39 is 0 Å². The summed E-state index contributed by atoms with van der Waals surface area (Å²) in [4.78, 5) is 24.1. The highest BCUT2D eigenvalue weighted by Crippen LogP contribution is 2.19. The first kappa shape index (κ1) is 17.7. The molecule has 0 aliphatic carbocycles. The van der Waals surface area contributed by atoms with Crippen molar-refractivity contribution >= 4 is 17.6 Å². The molecule has 130 valence electrons. The van der Waals surface area contributed by atoms with Gasteiger partial charge in [0.2, 0.25) is 5.91 Å². The van der Waals surface area contributed by atoms with Gasteiger partial charge in [0.05, 0.1) is 24.3 Å². The number of hydrogen-bond donors (Lipinski definition) is 2. The Morgan fingerprint density at radius 2 is 2.00 bits per heavy atom. The van der Waals surface area contributed by atoms with Crippen LogP contribution in [0.5, 0.6) is 0 Å². The third kappa shape index (κ3) is 4.01. The summed E-state index contributed by atoms with van der Waals surface area (Å²) in [5, 5.41) is 13.6. The third-order valence-electron chi connectivity index (χ3n) is 3.97. The fraction of sp³-hybridized carbons (Fsp3) is 0.500. The molecule has 2 N–H and O–H groups in total. The van der Waals surface area contributed by atoms with Crippen LogP contribution in [0.15, 0.2) is 18.5 Å². The number of nitrogens with zero attached hydrogens (tertiary/aromatic N) is 4. The summed E-state index contributed by atoms with van der Waals surface area (Å²) in [6.45, 7) is 5.94. The molecule has 0 aromatic carbocycles. The number of hydrogen-bond acceptors (Lipinski definition) is 4. The van der Waals surface area contributed by atoms with Crippen LogP contribution in [-0.2, 0) is 11.8 Å². The molecule has 0 fully saturated rings. The summed E-state index contributed by atoms with van der Waals surface area (Å²) in [5.41, 5.74) is 1.30. The Labute approximate surface area is 141 Å². The van der Waals surface area contributed by atoms with E-state index in [1.165, 1.54) is 0 Å². The molecule has 2 aromatic heterocycles. The van der Waals surface area contributed by atoms with Gasteiger partial charge in [-0.3, -0.25) is 19.0 Å². The summed E-state index contributed by atoms with van der Waals surface area (Å²) in [7, 11) is 1.76. The van der Waals surface area contributed by atoms with Gasteiger partial charge in [0.25, 0.3) is 5.91 Å². The van der Waals surface area contributed by atoms with Crippen molar-refractivity contribution < 1.29 is 9.59 Å². The second-order valence-corrected chi connectivity index (χ2v) is 5.66. The van der Waals surface area contributed by atoms with E-state index in [-0.39, 0.29) is 24.4 Å². The number of rotatable bonds is 7. The SMILES string of the molecule is CCC(CC)n1ncc(C(=O)NCC(=O)Nc2ccn(C)n2)c1C. The average molecular weight is 332 g/mol. The van der Waals surface area contributed by atoms with E-state index in [1.807, 2.05) is 11.6 Å². The molecule has 8 nitrogen and oxygen atoms in total. The highest BCUT2D eigenvalue weighted by molar-refractivity contribution is 5.99. The number of aromatic nitrogens is 4. The van der Waals surface area contributed by atoms with E-state index in [0.717, 1.165) is 18.5 Å². The van der Waals surface area contributed by atoms with Crippen LogP contribution in [0.2, 0.25) is 0 Å². The minimum atomic E-state index is -0.327. The van der Waals surface area contributed by atoms with Gasteiger partial charge in [-0.1, -0.05) is 13.8 Å². The van der Waals surface area contributed by atoms with E-state index in [1.54, 1.807) is 30.2 Å². The molecule has 0 aliphatic heterocycles. The van der Waals surface area contributed by atoms with Gasteiger partial charge in [0, 0.05) is 25.0 Å². The number of nitrogens with one attached hydrogen (secondary N) is 2. The van der Waals surface area contributed by atoms with Crippen molar-refractivity contribution in [1.82, 2.24) is 24.9 Å². The zero-order chi connectivity index (χ0) is 17.7. The largest absolute Gasteiger partial charge is 0.343 e. The van der Waals surface area contributed by atoms with E-state index in [4.69, 9.17) is 0 Å². The normalized spacial score (nSPS) is 10.9. The molecule has 0 atom stereocenters. The van der Waals surface area contributed by atoms with Gasteiger partial charge < -0.3 is 10.6 Å². The van der Waals surface area contributed by atoms with Gasteiger partial charge in [-0.05, 0) is 19.8 Å². The molecular weight excluding hydrogens is 308 g/mol. The molecular formula is C16H24N6O2. The predicted octanol–water partition coefficient (Wildman–Crippen LogP) is 1.65. The molecule has 2 aromatic rings. The van der Waals surface area contributed by atoms with E-state index in [2.05, 4.69) is 34.7 Å². The molecule has 0 bridgehead atoms. The van der Waals surface area contributed by atoms with Crippen LogP contribution < -0.4 is 10.6 Å². The first-order chi connectivity index (χ1) is 11.5. The number of anilines is 1. The lowest BCUT2D eigenvalue weighted by atomic mass is 10.1. The fourth-order valence-corrected chi connectivity index (χ4v) is 2.57. The highest BCUT2D eigenvalue weighted by atomic mass is 16.2. The molecule has 2 heterocycles. The summed E-state index contributed by atoms with van der Waals surface area (Å²) in [6.07, 6.45) is 5.18. The van der Waals surface area contributed by atoms with Crippen molar-refractivity contribution in [3.8, 4) is 0 Å². The Morgan fingerprint density at radius 3 is 2.58 bits per heavy atom. The lowest BCUT2D eigenvalue weighted by Gasteiger charge is -2.15. The van der Waals surface area contributed by atoms with E-state index in [9.17, 15) is 9.59 Å². The van der Waals surface area contributed by atoms with Gasteiger partial charge in [-0.15, -0.1) is 0 Å². The van der Waals surface area contributed by atoms with Crippen LogP contribution in [0.1, 0.15) is 48.8 Å². The Bertz CT molecular complexity index is 714. The Hall–Kier alpha value is -2.64. The van der Waals surface area contributed by atoms with Crippen molar-refractivity contribution in [3.05, 3.63) is 29.7 Å². The fourth-order valence-electron chi connectivity index (χ4n) is 2.57. The zero-order valence-corrected chi connectivity index (χ0v) is 14.5. The molecule has 0 radical (unpaired) electrons. The minimum absolute atomic E-state index is 0.120. The van der Waals surface area contributed by atoms with Gasteiger partial charge in [0.1, 0.15) is 0 Å². The van der Waals surface area contributed by atoms with Gasteiger partial charge in [-0.2, -0.15) is 10.2 Å². The molecule has 24 heavy (non-hydrogen) atoms. The Balaban J connectivity index is 1.94. The van der Waals surface area contributed by atoms with Crippen molar-refractivity contribution in [2.75, 3.05) is 11.9 Å². The maximum absolute atomic E-state index is 12.3. The predicted molar refractivity (Wildman–Crippen MR) is 90.8 cm³/mol. The molecule has 0 saturated heterocycles. The molecule has 2 rings (SSSR count). The lowest BCUT2D eigenvalue weighted by Crippen LogP contribution is -2.33. The van der Waals surface area contributed by atoms with Crippen LogP contribution >= 0.6 is 0 Å². The first-order valence-electron chi connectivity index (χ1n) is 8.08. The quantitative estimate of drug-likeness (QED) is 0.806. The molecule has 0 unspecified atom stereocenters. The van der Waals surface area contributed by atoms with E-state index >= 15 is 0 Å². The number of carbonyl (C=O) groups is 2. The summed E-state index contributed by atoms with van der Waals surface area (Å²) >= 11 is 0. The Morgan fingerprint density at radius 1 is 1.29 bits per heavy atom. The van der Waals surface area contributed by atoms with Crippen molar-refractivity contribution in [2.45, 2.75) is 39.7 Å². The molecule has 2 amide bonds. The molecule has 0 saturated carbocycles. The topological polar surface area (TPSA) is 93.8 Å².